The van der Waals surface area contributed by atoms with Crippen LogP contribution in [-0.4, -0.2) is 25.2 Å². The minimum Gasteiger partial charge on any atom is -0.453 e. The van der Waals surface area contributed by atoms with Crippen LogP contribution in [0.2, 0.25) is 0 Å². The molecule has 0 unspecified atom stereocenters. The number of amides is 2. The van der Waals surface area contributed by atoms with Gasteiger partial charge >= 0.3 is 6.09 Å². The molecule has 0 aliphatic rings. The van der Waals surface area contributed by atoms with E-state index in [0.717, 1.165) is 0 Å². The second-order valence-electron chi connectivity index (χ2n) is 2.46. The second kappa shape index (κ2) is 6.05. The van der Waals surface area contributed by atoms with Gasteiger partial charge in [0.15, 0.2) is 0 Å². The predicted octanol–water partition coefficient (Wildman–Crippen LogP) is 0.162. The van der Waals surface area contributed by atoms with E-state index in [0.29, 0.717) is 12.8 Å². The Morgan fingerprint density at radius 2 is 2.31 bits per heavy atom. The van der Waals surface area contributed by atoms with Gasteiger partial charge in [-0.05, 0) is 12.8 Å². The van der Waals surface area contributed by atoms with Crippen LogP contribution in [0.5, 0.6) is 0 Å². The number of ether oxygens (including phenoxy) is 1. The van der Waals surface area contributed by atoms with Crippen molar-refractivity contribution in [1.29, 1.82) is 0 Å². The highest BCUT2D eigenvalue weighted by molar-refractivity contribution is 5.84. The summed E-state index contributed by atoms with van der Waals surface area (Å²) in [6.45, 7) is 3.50. The van der Waals surface area contributed by atoms with Gasteiger partial charge in [-0.15, -0.1) is 6.58 Å². The van der Waals surface area contributed by atoms with E-state index in [-0.39, 0.29) is 0 Å². The molecule has 0 fully saturated rings. The van der Waals surface area contributed by atoms with Crippen molar-refractivity contribution in [2.75, 3.05) is 7.11 Å². The van der Waals surface area contributed by atoms with Crippen molar-refractivity contribution >= 4 is 12.0 Å². The van der Waals surface area contributed by atoms with Crippen molar-refractivity contribution in [3.05, 3.63) is 12.7 Å². The fourth-order valence-corrected chi connectivity index (χ4v) is 0.771. The van der Waals surface area contributed by atoms with Crippen LogP contribution < -0.4 is 11.1 Å². The molecule has 3 N–H and O–H groups in total. The molecule has 5 heteroatoms. The van der Waals surface area contributed by atoms with Gasteiger partial charge in [0.25, 0.3) is 0 Å². The van der Waals surface area contributed by atoms with Gasteiger partial charge in [0.2, 0.25) is 5.91 Å². The summed E-state index contributed by atoms with van der Waals surface area (Å²) >= 11 is 0. The summed E-state index contributed by atoms with van der Waals surface area (Å²) in [7, 11) is 1.22. The van der Waals surface area contributed by atoms with Crippen LogP contribution in [0.1, 0.15) is 12.8 Å². The topological polar surface area (TPSA) is 81.4 Å². The number of alkyl carbamates (subject to hydrolysis) is 1. The Balaban J connectivity index is 4.01. The van der Waals surface area contributed by atoms with Gasteiger partial charge in [0.05, 0.1) is 7.11 Å². The van der Waals surface area contributed by atoms with Crippen molar-refractivity contribution in [3.8, 4) is 0 Å². The number of carbonyl (C=O) groups is 2. The molecule has 0 rings (SSSR count). The van der Waals surface area contributed by atoms with Crippen molar-refractivity contribution in [3.63, 3.8) is 0 Å². The van der Waals surface area contributed by atoms with E-state index in [1.54, 1.807) is 6.08 Å². The van der Waals surface area contributed by atoms with Crippen LogP contribution >= 0.6 is 0 Å². The molecule has 5 nitrogen and oxygen atoms in total. The normalized spacial score (nSPS) is 11.5. The SMILES string of the molecule is C=CCC[C@H](NC(=O)OC)C(N)=O. The lowest BCUT2D eigenvalue weighted by molar-refractivity contribution is -0.120. The molecular weight excluding hydrogens is 172 g/mol. The first kappa shape index (κ1) is 11.5. The Bertz CT molecular complexity index is 204. The van der Waals surface area contributed by atoms with Crippen molar-refractivity contribution in [1.82, 2.24) is 5.32 Å². The number of allylic oxidation sites excluding steroid dienone is 1. The third-order valence-electron chi connectivity index (χ3n) is 1.48. The fourth-order valence-electron chi connectivity index (χ4n) is 0.771. The smallest absolute Gasteiger partial charge is 0.407 e. The van der Waals surface area contributed by atoms with Gasteiger partial charge in [-0.3, -0.25) is 4.79 Å². The van der Waals surface area contributed by atoms with E-state index in [2.05, 4.69) is 16.6 Å². The Morgan fingerprint density at radius 1 is 1.69 bits per heavy atom. The standard InChI is InChI=1S/C8H14N2O3/c1-3-4-5-6(7(9)11)10-8(12)13-2/h3,6H,1,4-5H2,2H3,(H2,9,11)(H,10,12)/t6-/m0/s1. The van der Waals surface area contributed by atoms with Crippen LogP contribution in [-0.2, 0) is 9.53 Å². The molecule has 1 atom stereocenters. The summed E-state index contributed by atoms with van der Waals surface area (Å²) in [6, 6.07) is -0.689. The molecule has 0 aromatic rings. The van der Waals surface area contributed by atoms with Gasteiger partial charge in [0.1, 0.15) is 6.04 Å². The van der Waals surface area contributed by atoms with Gasteiger partial charge < -0.3 is 15.8 Å². The quantitative estimate of drug-likeness (QED) is 0.600. The van der Waals surface area contributed by atoms with E-state index in [4.69, 9.17) is 5.73 Å². The van der Waals surface area contributed by atoms with Gasteiger partial charge in [-0.25, -0.2) is 4.79 Å². The molecule has 13 heavy (non-hydrogen) atoms. The molecule has 2 amide bonds. The molecule has 0 spiro atoms. The summed E-state index contributed by atoms with van der Waals surface area (Å²) in [6.07, 6.45) is 2.04. The molecule has 0 aromatic carbocycles. The number of hydrogen-bond donors (Lipinski definition) is 2. The zero-order valence-corrected chi connectivity index (χ0v) is 7.58. The number of nitrogens with one attached hydrogen (secondary N) is 1. The molecule has 0 saturated carbocycles. The average Bonchev–Trinajstić information content (AvgIpc) is 2.11. The highest BCUT2D eigenvalue weighted by Crippen LogP contribution is 1.97. The first-order chi connectivity index (χ1) is 6.11. The van der Waals surface area contributed by atoms with Crippen molar-refractivity contribution in [2.45, 2.75) is 18.9 Å². The van der Waals surface area contributed by atoms with Crippen LogP contribution in [0, 0.1) is 0 Å². The maximum Gasteiger partial charge on any atom is 0.407 e. The zero-order chi connectivity index (χ0) is 10.3. The molecular formula is C8H14N2O3. The summed E-state index contributed by atoms with van der Waals surface area (Å²) in [4.78, 5) is 21.5. The fraction of sp³-hybridized carbons (Fsp3) is 0.500. The summed E-state index contributed by atoms with van der Waals surface area (Å²) < 4.78 is 4.33. The van der Waals surface area contributed by atoms with Gasteiger partial charge in [-0.2, -0.15) is 0 Å². The number of carbonyl (C=O) groups excluding carboxylic acids is 2. The number of rotatable bonds is 5. The lowest BCUT2D eigenvalue weighted by Crippen LogP contribution is -2.44. The Hall–Kier alpha value is -1.52. The van der Waals surface area contributed by atoms with E-state index >= 15 is 0 Å². The number of hydrogen-bond acceptors (Lipinski definition) is 3. The van der Waals surface area contributed by atoms with E-state index in [9.17, 15) is 9.59 Å². The molecule has 0 heterocycles. The van der Waals surface area contributed by atoms with Crippen LogP contribution in [0.3, 0.4) is 0 Å². The monoisotopic (exact) mass is 186 g/mol. The van der Waals surface area contributed by atoms with Gasteiger partial charge in [-0.1, -0.05) is 6.08 Å². The Morgan fingerprint density at radius 3 is 2.69 bits per heavy atom. The molecule has 0 aliphatic heterocycles. The van der Waals surface area contributed by atoms with E-state index < -0.39 is 18.0 Å². The predicted molar refractivity (Wildman–Crippen MR) is 48.0 cm³/mol. The first-order valence-corrected chi connectivity index (χ1v) is 3.86. The third kappa shape index (κ3) is 4.84. The molecule has 0 bridgehead atoms. The maximum atomic E-state index is 10.8. The second-order valence-corrected chi connectivity index (χ2v) is 2.46. The lowest BCUT2D eigenvalue weighted by atomic mass is 10.1. The van der Waals surface area contributed by atoms with E-state index in [1.165, 1.54) is 7.11 Å². The molecule has 0 aliphatic carbocycles. The summed E-state index contributed by atoms with van der Waals surface area (Å²) in [5, 5.41) is 2.32. The maximum absolute atomic E-state index is 10.8. The molecule has 0 saturated heterocycles. The molecule has 0 aromatic heterocycles. The Kier molecular flexibility index (Phi) is 5.34. The summed E-state index contributed by atoms with van der Waals surface area (Å²) in [5.41, 5.74) is 5.04. The molecule has 74 valence electrons. The van der Waals surface area contributed by atoms with Crippen molar-refractivity contribution < 1.29 is 14.3 Å². The van der Waals surface area contributed by atoms with Crippen LogP contribution in [0.15, 0.2) is 12.7 Å². The van der Waals surface area contributed by atoms with Crippen LogP contribution in [0.4, 0.5) is 4.79 Å². The number of methoxy groups -OCH3 is 1. The third-order valence-corrected chi connectivity index (χ3v) is 1.48. The first-order valence-electron chi connectivity index (χ1n) is 3.86. The number of nitrogens with two attached hydrogens (primary N) is 1. The summed E-state index contributed by atoms with van der Waals surface area (Å²) in [5.74, 6) is -0.577. The van der Waals surface area contributed by atoms with E-state index in [1.807, 2.05) is 0 Å². The average molecular weight is 186 g/mol. The van der Waals surface area contributed by atoms with Crippen molar-refractivity contribution in [2.24, 2.45) is 5.73 Å². The van der Waals surface area contributed by atoms with Gasteiger partial charge in [0, 0.05) is 0 Å². The van der Waals surface area contributed by atoms with Crippen LogP contribution in [0.25, 0.3) is 0 Å². The highest BCUT2D eigenvalue weighted by Gasteiger charge is 2.16. The largest absolute Gasteiger partial charge is 0.453 e. The highest BCUT2D eigenvalue weighted by atomic mass is 16.5. The zero-order valence-electron chi connectivity index (χ0n) is 7.58. The molecule has 0 radical (unpaired) electrons. The Labute approximate surface area is 76.9 Å². The number of primary amides is 1. The lowest BCUT2D eigenvalue weighted by Gasteiger charge is -2.12. The minimum absolute atomic E-state index is 0.438. The minimum atomic E-state index is -0.689.